The van der Waals surface area contributed by atoms with Crippen LogP contribution in [0.2, 0.25) is 0 Å². The molecule has 2 heterocycles. The first-order chi connectivity index (χ1) is 17.4. The molecule has 1 aliphatic heterocycles. The van der Waals surface area contributed by atoms with Gasteiger partial charge in [-0.05, 0) is 55.5 Å². The summed E-state index contributed by atoms with van der Waals surface area (Å²) >= 11 is 0. The maximum absolute atomic E-state index is 12.2. The highest BCUT2D eigenvalue weighted by molar-refractivity contribution is 5.96. The van der Waals surface area contributed by atoms with Crippen molar-refractivity contribution >= 4 is 17.5 Å². The van der Waals surface area contributed by atoms with Crippen molar-refractivity contribution in [3.05, 3.63) is 72.6 Å². The van der Waals surface area contributed by atoms with E-state index in [1.807, 2.05) is 74.6 Å². The third kappa shape index (κ3) is 5.63. The number of piperidine rings is 1. The number of aromatic nitrogens is 2. The summed E-state index contributed by atoms with van der Waals surface area (Å²) < 4.78 is 5.92. The Morgan fingerprint density at radius 2 is 1.78 bits per heavy atom. The van der Waals surface area contributed by atoms with Gasteiger partial charge < -0.3 is 20.3 Å². The van der Waals surface area contributed by atoms with Crippen LogP contribution in [0.25, 0.3) is 11.1 Å². The highest BCUT2D eigenvalue weighted by atomic mass is 16.5. The van der Waals surface area contributed by atoms with E-state index < -0.39 is 0 Å². The number of aryl methyl sites for hydroxylation is 1. The van der Waals surface area contributed by atoms with E-state index in [1.165, 1.54) is 0 Å². The number of nitriles is 1. The van der Waals surface area contributed by atoms with Crippen molar-refractivity contribution < 1.29 is 9.53 Å². The number of anilines is 2. The average molecular weight is 483 g/mol. The number of para-hydroxylation sites is 1. The Balaban J connectivity index is 1.49. The van der Waals surface area contributed by atoms with E-state index in [2.05, 4.69) is 16.5 Å². The molecular weight excluding hydrogens is 452 g/mol. The zero-order chi connectivity index (χ0) is 25.7. The SMILES string of the molecule is C=C(C#N)C(=O)N1CCC(CN(C)c2nc(C)nc(N)c2-c2ccc(Oc3ccccc3)cc2)CC1. The quantitative estimate of drug-likeness (QED) is 0.388. The van der Waals surface area contributed by atoms with E-state index in [4.69, 9.17) is 20.7 Å². The van der Waals surface area contributed by atoms with E-state index in [1.54, 1.807) is 4.90 Å². The first kappa shape index (κ1) is 24.7. The van der Waals surface area contributed by atoms with Gasteiger partial charge in [-0.1, -0.05) is 36.9 Å². The topological polar surface area (TPSA) is 108 Å². The number of nitrogen functional groups attached to an aromatic ring is 1. The molecule has 8 nitrogen and oxygen atoms in total. The number of ether oxygens (including phenoxy) is 1. The van der Waals surface area contributed by atoms with Crippen LogP contribution in [-0.2, 0) is 4.79 Å². The molecular formula is C28H30N6O2. The second-order valence-electron chi connectivity index (χ2n) is 9.00. The maximum Gasteiger partial charge on any atom is 0.263 e. The van der Waals surface area contributed by atoms with E-state index in [0.29, 0.717) is 30.6 Å². The lowest BCUT2D eigenvalue weighted by Gasteiger charge is -2.34. The molecule has 1 aromatic heterocycles. The normalized spacial score (nSPS) is 13.6. The molecule has 184 valence electrons. The van der Waals surface area contributed by atoms with Gasteiger partial charge in [-0.2, -0.15) is 5.26 Å². The molecule has 1 saturated heterocycles. The van der Waals surface area contributed by atoms with Gasteiger partial charge in [0, 0.05) is 26.7 Å². The van der Waals surface area contributed by atoms with Gasteiger partial charge in [-0.15, -0.1) is 0 Å². The van der Waals surface area contributed by atoms with Crippen molar-refractivity contribution in [1.29, 1.82) is 5.26 Å². The van der Waals surface area contributed by atoms with E-state index in [0.717, 1.165) is 47.8 Å². The standard InChI is InChI=1S/C28H30N6O2/c1-19(17-29)28(35)34-15-13-21(14-16-34)18-33(3)27-25(26(30)31-20(2)32-27)22-9-11-24(12-10-22)36-23-7-5-4-6-8-23/h4-12,21H,1,13-16,18H2,2-3H3,(H2,30,31,32). The third-order valence-electron chi connectivity index (χ3n) is 6.34. The van der Waals surface area contributed by atoms with Gasteiger partial charge in [0.2, 0.25) is 0 Å². The number of rotatable bonds is 7. The molecule has 0 radical (unpaired) electrons. The average Bonchev–Trinajstić information content (AvgIpc) is 2.89. The molecule has 8 heteroatoms. The first-order valence-electron chi connectivity index (χ1n) is 11.9. The molecule has 0 bridgehead atoms. The molecule has 2 aromatic carbocycles. The Morgan fingerprint density at radius 3 is 2.42 bits per heavy atom. The van der Waals surface area contributed by atoms with Crippen LogP contribution >= 0.6 is 0 Å². The Hall–Kier alpha value is -4.38. The van der Waals surface area contributed by atoms with Crippen LogP contribution in [0.1, 0.15) is 18.7 Å². The number of amides is 1. The summed E-state index contributed by atoms with van der Waals surface area (Å²) in [6.07, 6.45) is 1.68. The van der Waals surface area contributed by atoms with Crippen LogP contribution in [0.3, 0.4) is 0 Å². The van der Waals surface area contributed by atoms with Gasteiger partial charge in [0.15, 0.2) is 0 Å². The second-order valence-corrected chi connectivity index (χ2v) is 9.00. The smallest absolute Gasteiger partial charge is 0.263 e. The Kier molecular flexibility index (Phi) is 7.50. The summed E-state index contributed by atoms with van der Waals surface area (Å²) in [6.45, 7) is 7.36. The number of likely N-dealkylation sites (tertiary alicyclic amines) is 1. The highest BCUT2D eigenvalue weighted by Gasteiger charge is 2.26. The minimum atomic E-state index is -0.273. The Morgan fingerprint density at radius 1 is 1.14 bits per heavy atom. The van der Waals surface area contributed by atoms with Crippen molar-refractivity contribution in [2.45, 2.75) is 19.8 Å². The van der Waals surface area contributed by atoms with Crippen molar-refractivity contribution in [3.8, 4) is 28.7 Å². The molecule has 3 aromatic rings. The van der Waals surface area contributed by atoms with Gasteiger partial charge in [-0.25, -0.2) is 9.97 Å². The molecule has 0 atom stereocenters. The predicted octanol–water partition coefficient (Wildman–Crippen LogP) is 4.58. The molecule has 0 aliphatic carbocycles. The summed E-state index contributed by atoms with van der Waals surface area (Å²) in [6, 6.07) is 19.2. The van der Waals surface area contributed by atoms with Crippen molar-refractivity contribution in [2.24, 2.45) is 5.92 Å². The van der Waals surface area contributed by atoms with Gasteiger partial charge in [0.1, 0.15) is 40.6 Å². The second kappa shape index (κ2) is 10.9. The zero-order valence-corrected chi connectivity index (χ0v) is 20.6. The van der Waals surface area contributed by atoms with Crippen LogP contribution in [-0.4, -0.2) is 47.5 Å². The molecule has 0 unspecified atom stereocenters. The van der Waals surface area contributed by atoms with Crippen LogP contribution in [0.15, 0.2) is 66.7 Å². The minimum Gasteiger partial charge on any atom is -0.457 e. The summed E-state index contributed by atoms with van der Waals surface area (Å²) in [5, 5.41) is 8.95. The number of nitrogens with zero attached hydrogens (tertiary/aromatic N) is 5. The fraction of sp³-hybridized carbons (Fsp3) is 0.286. The number of nitrogens with two attached hydrogens (primary N) is 1. The van der Waals surface area contributed by atoms with E-state index in [9.17, 15) is 4.79 Å². The zero-order valence-electron chi connectivity index (χ0n) is 20.6. The van der Waals surface area contributed by atoms with E-state index >= 15 is 0 Å². The summed E-state index contributed by atoms with van der Waals surface area (Å²) in [5.41, 5.74) is 8.07. The maximum atomic E-state index is 12.2. The lowest BCUT2D eigenvalue weighted by atomic mass is 9.95. The number of carbonyl (C=O) groups is 1. The molecule has 4 rings (SSSR count). The number of benzene rings is 2. The molecule has 1 amide bonds. The number of carbonyl (C=O) groups excluding carboxylic acids is 1. The highest BCUT2D eigenvalue weighted by Crippen LogP contribution is 2.35. The summed E-state index contributed by atoms with van der Waals surface area (Å²) in [4.78, 5) is 25.2. The van der Waals surface area contributed by atoms with Gasteiger partial charge >= 0.3 is 0 Å². The van der Waals surface area contributed by atoms with E-state index in [-0.39, 0.29) is 11.5 Å². The van der Waals surface area contributed by atoms with Crippen molar-refractivity contribution in [2.75, 3.05) is 37.3 Å². The molecule has 0 saturated carbocycles. The van der Waals surface area contributed by atoms with Crippen LogP contribution < -0.4 is 15.4 Å². The Labute approximate surface area is 211 Å². The molecule has 0 spiro atoms. The lowest BCUT2D eigenvalue weighted by molar-refractivity contribution is -0.128. The number of hydrogen-bond acceptors (Lipinski definition) is 7. The van der Waals surface area contributed by atoms with Gasteiger partial charge in [0.05, 0.1) is 5.56 Å². The van der Waals surface area contributed by atoms with Crippen LogP contribution in [0, 0.1) is 24.2 Å². The van der Waals surface area contributed by atoms with Gasteiger partial charge in [0.25, 0.3) is 5.91 Å². The third-order valence-corrected chi connectivity index (χ3v) is 6.34. The van der Waals surface area contributed by atoms with Crippen LogP contribution in [0.5, 0.6) is 11.5 Å². The number of hydrogen-bond donors (Lipinski definition) is 1. The fourth-order valence-corrected chi connectivity index (χ4v) is 4.48. The predicted molar refractivity (Wildman–Crippen MR) is 140 cm³/mol. The summed E-state index contributed by atoms with van der Waals surface area (Å²) in [7, 11) is 2.01. The van der Waals surface area contributed by atoms with Crippen molar-refractivity contribution in [3.63, 3.8) is 0 Å². The molecule has 2 N–H and O–H groups in total. The molecule has 1 fully saturated rings. The summed E-state index contributed by atoms with van der Waals surface area (Å²) in [5.74, 6) is 3.41. The van der Waals surface area contributed by atoms with Gasteiger partial charge in [-0.3, -0.25) is 4.79 Å². The fourth-order valence-electron chi connectivity index (χ4n) is 4.48. The lowest BCUT2D eigenvalue weighted by Crippen LogP contribution is -2.41. The first-order valence-corrected chi connectivity index (χ1v) is 11.9. The van der Waals surface area contributed by atoms with Crippen molar-refractivity contribution in [1.82, 2.24) is 14.9 Å². The molecule has 1 aliphatic rings. The Bertz CT molecular complexity index is 1280. The largest absolute Gasteiger partial charge is 0.457 e. The van der Waals surface area contributed by atoms with Crippen LogP contribution in [0.4, 0.5) is 11.6 Å². The minimum absolute atomic E-state index is 0.0117. The monoisotopic (exact) mass is 482 g/mol. The molecule has 36 heavy (non-hydrogen) atoms.